The molecule has 2 aromatic rings. The number of hydrogen-bond acceptors (Lipinski definition) is 4. The number of nitrogens with zero attached hydrogens (tertiary/aromatic N) is 3. The normalized spacial score (nSPS) is 17.1. The number of aryl methyl sites for hydroxylation is 1. The molecular formula is C17H22N4OS. The van der Waals surface area contributed by atoms with Gasteiger partial charge in [0.1, 0.15) is 6.33 Å². The van der Waals surface area contributed by atoms with Gasteiger partial charge in [-0.05, 0) is 44.2 Å². The number of nitrogens with one attached hydrogen (secondary N) is 1. The number of carbonyl (C=O) groups excluding carboxylic acids is 1. The molecule has 0 bridgehead atoms. The molecule has 0 unspecified atom stereocenters. The molecule has 1 aliphatic carbocycles. The van der Waals surface area contributed by atoms with Crippen molar-refractivity contribution in [2.75, 3.05) is 5.75 Å². The van der Waals surface area contributed by atoms with Crippen molar-refractivity contribution in [1.82, 2.24) is 20.1 Å². The maximum atomic E-state index is 12.3. The number of hydrogen-bond donors (Lipinski definition) is 1. The van der Waals surface area contributed by atoms with Crippen LogP contribution in [0.25, 0.3) is 0 Å². The second kappa shape index (κ2) is 7.17. The second-order valence-corrected chi connectivity index (χ2v) is 7.06. The van der Waals surface area contributed by atoms with Crippen LogP contribution in [-0.2, 0) is 11.2 Å². The van der Waals surface area contributed by atoms with E-state index in [2.05, 4.69) is 47.6 Å². The Hall–Kier alpha value is -1.82. The average molecular weight is 330 g/mol. The van der Waals surface area contributed by atoms with Crippen LogP contribution in [0.15, 0.2) is 35.7 Å². The van der Waals surface area contributed by atoms with Crippen LogP contribution in [0.1, 0.15) is 49.9 Å². The van der Waals surface area contributed by atoms with Crippen LogP contribution in [0, 0.1) is 0 Å². The Balaban J connectivity index is 1.59. The third kappa shape index (κ3) is 3.75. The maximum Gasteiger partial charge on any atom is 0.230 e. The number of amides is 1. The van der Waals surface area contributed by atoms with Gasteiger partial charge in [0.2, 0.25) is 5.91 Å². The lowest BCUT2D eigenvalue weighted by Gasteiger charge is -2.26. The van der Waals surface area contributed by atoms with Gasteiger partial charge in [0.15, 0.2) is 5.16 Å². The lowest BCUT2D eigenvalue weighted by molar-refractivity contribution is -0.119. The third-order valence-electron chi connectivity index (χ3n) is 4.13. The first-order chi connectivity index (χ1) is 11.1. The largest absolute Gasteiger partial charge is 0.349 e. The summed E-state index contributed by atoms with van der Waals surface area (Å²) < 4.78 is 1.98. The molecule has 1 atom stereocenters. The van der Waals surface area contributed by atoms with E-state index in [1.807, 2.05) is 10.6 Å². The van der Waals surface area contributed by atoms with Gasteiger partial charge >= 0.3 is 0 Å². The summed E-state index contributed by atoms with van der Waals surface area (Å²) in [5.41, 5.74) is 2.62. The van der Waals surface area contributed by atoms with Crippen LogP contribution in [0.4, 0.5) is 0 Å². The molecule has 1 aliphatic rings. The Bertz CT molecular complexity index is 683. The summed E-state index contributed by atoms with van der Waals surface area (Å²) in [5.74, 6) is 0.416. The van der Waals surface area contributed by atoms with E-state index in [0.717, 1.165) is 24.4 Å². The van der Waals surface area contributed by atoms with Crippen LogP contribution >= 0.6 is 11.8 Å². The quantitative estimate of drug-likeness (QED) is 0.856. The second-order valence-electron chi connectivity index (χ2n) is 6.11. The fourth-order valence-electron chi connectivity index (χ4n) is 2.96. The Morgan fingerprint density at radius 3 is 3.09 bits per heavy atom. The van der Waals surface area contributed by atoms with Gasteiger partial charge in [0.05, 0.1) is 11.8 Å². The predicted octanol–water partition coefficient (Wildman–Crippen LogP) is 3.14. The molecule has 1 N–H and O–H groups in total. The first kappa shape index (κ1) is 16.1. The molecule has 1 aromatic carbocycles. The highest BCUT2D eigenvalue weighted by Gasteiger charge is 2.21. The molecule has 0 aliphatic heterocycles. The van der Waals surface area contributed by atoms with E-state index in [4.69, 9.17) is 0 Å². The summed E-state index contributed by atoms with van der Waals surface area (Å²) in [6, 6.07) is 8.83. The molecule has 5 nitrogen and oxygen atoms in total. The van der Waals surface area contributed by atoms with E-state index in [1.54, 1.807) is 6.33 Å². The van der Waals surface area contributed by atoms with Crippen LogP contribution in [0.5, 0.6) is 0 Å². The van der Waals surface area contributed by atoms with E-state index >= 15 is 0 Å². The lowest BCUT2D eigenvalue weighted by Crippen LogP contribution is -2.32. The highest BCUT2D eigenvalue weighted by atomic mass is 32.2. The van der Waals surface area contributed by atoms with Crippen molar-refractivity contribution in [3.8, 4) is 0 Å². The number of carbonyl (C=O) groups is 1. The molecule has 0 radical (unpaired) electrons. The van der Waals surface area contributed by atoms with E-state index in [0.29, 0.717) is 11.8 Å². The fourth-order valence-corrected chi connectivity index (χ4v) is 3.81. The molecule has 1 aromatic heterocycles. The number of rotatable bonds is 5. The molecule has 1 heterocycles. The smallest absolute Gasteiger partial charge is 0.230 e. The van der Waals surface area contributed by atoms with Gasteiger partial charge in [-0.15, -0.1) is 10.2 Å². The van der Waals surface area contributed by atoms with E-state index in [9.17, 15) is 4.79 Å². The first-order valence-corrected chi connectivity index (χ1v) is 9.03. The van der Waals surface area contributed by atoms with E-state index < -0.39 is 0 Å². The van der Waals surface area contributed by atoms with Crippen molar-refractivity contribution in [3.05, 3.63) is 41.7 Å². The Kier molecular flexibility index (Phi) is 5.00. The minimum absolute atomic E-state index is 0.0509. The molecule has 122 valence electrons. The van der Waals surface area contributed by atoms with Crippen molar-refractivity contribution in [2.24, 2.45) is 0 Å². The summed E-state index contributed by atoms with van der Waals surface area (Å²) in [7, 11) is 0. The predicted molar refractivity (Wildman–Crippen MR) is 91.4 cm³/mol. The van der Waals surface area contributed by atoms with Gasteiger partial charge in [-0.3, -0.25) is 4.79 Å². The Morgan fingerprint density at radius 2 is 2.26 bits per heavy atom. The molecule has 0 fully saturated rings. The monoisotopic (exact) mass is 330 g/mol. The molecule has 0 spiro atoms. The lowest BCUT2D eigenvalue weighted by atomic mass is 9.88. The van der Waals surface area contributed by atoms with Crippen molar-refractivity contribution >= 4 is 17.7 Å². The highest BCUT2D eigenvalue weighted by Crippen LogP contribution is 2.29. The van der Waals surface area contributed by atoms with Crippen LogP contribution in [0.3, 0.4) is 0 Å². The molecule has 0 saturated carbocycles. The highest BCUT2D eigenvalue weighted by molar-refractivity contribution is 7.99. The minimum Gasteiger partial charge on any atom is -0.349 e. The van der Waals surface area contributed by atoms with Crippen LogP contribution < -0.4 is 5.32 Å². The number of benzene rings is 1. The van der Waals surface area contributed by atoms with E-state index in [-0.39, 0.29) is 11.9 Å². The topological polar surface area (TPSA) is 59.8 Å². The molecule has 23 heavy (non-hydrogen) atoms. The van der Waals surface area contributed by atoms with Crippen molar-refractivity contribution < 1.29 is 4.79 Å². The number of thioether (sulfide) groups is 1. The van der Waals surface area contributed by atoms with Crippen molar-refractivity contribution in [1.29, 1.82) is 0 Å². The number of aromatic nitrogens is 3. The minimum atomic E-state index is 0.0509. The maximum absolute atomic E-state index is 12.3. The first-order valence-electron chi connectivity index (χ1n) is 8.04. The average Bonchev–Trinajstić information content (AvgIpc) is 3.02. The van der Waals surface area contributed by atoms with E-state index in [1.165, 1.54) is 22.9 Å². The summed E-state index contributed by atoms with van der Waals surface area (Å²) >= 11 is 1.44. The summed E-state index contributed by atoms with van der Waals surface area (Å²) in [5, 5.41) is 12.0. The third-order valence-corrected chi connectivity index (χ3v) is 5.09. The molecule has 1 amide bonds. The molecular weight excluding hydrogens is 308 g/mol. The van der Waals surface area contributed by atoms with Gasteiger partial charge in [-0.25, -0.2) is 0 Å². The summed E-state index contributed by atoms with van der Waals surface area (Å²) in [4.78, 5) is 12.3. The molecule has 3 rings (SSSR count). The summed E-state index contributed by atoms with van der Waals surface area (Å²) in [6.07, 6.45) is 4.95. The standard InChI is InChI=1S/C17H22N4OS/c1-12(2)21-11-18-20-17(21)23-10-16(22)19-15-9-5-7-13-6-3-4-8-14(13)15/h3-4,6,8,11-12,15H,5,7,9-10H2,1-2H3,(H,19,22)/t15-/m1/s1. The molecule has 0 saturated heterocycles. The van der Waals surface area contributed by atoms with Crippen LogP contribution in [0.2, 0.25) is 0 Å². The zero-order chi connectivity index (χ0) is 16.2. The van der Waals surface area contributed by atoms with Gasteiger partial charge in [0, 0.05) is 6.04 Å². The van der Waals surface area contributed by atoms with Gasteiger partial charge in [-0.2, -0.15) is 0 Å². The Morgan fingerprint density at radius 1 is 1.43 bits per heavy atom. The summed E-state index contributed by atoms with van der Waals surface area (Å²) in [6.45, 7) is 4.15. The Labute approximate surface area is 140 Å². The zero-order valence-electron chi connectivity index (χ0n) is 13.5. The van der Waals surface area contributed by atoms with Crippen LogP contribution in [-0.4, -0.2) is 26.4 Å². The van der Waals surface area contributed by atoms with Gasteiger partial charge in [0.25, 0.3) is 0 Å². The van der Waals surface area contributed by atoms with Crippen molar-refractivity contribution in [2.45, 2.75) is 50.4 Å². The van der Waals surface area contributed by atoms with Crippen molar-refractivity contribution in [3.63, 3.8) is 0 Å². The SMILES string of the molecule is CC(C)n1cnnc1SCC(=O)N[C@@H]1CCCc2ccccc21. The zero-order valence-corrected chi connectivity index (χ0v) is 14.3. The fraction of sp³-hybridized carbons (Fsp3) is 0.471. The number of fused-ring (bicyclic) bond motifs is 1. The van der Waals surface area contributed by atoms with Gasteiger partial charge < -0.3 is 9.88 Å². The van der Waals surface area contributed by atoms with Gasteiger partial charge in [-0.1, -0.05) is 36.0 Å². The molecule has 6 heteroatoms.